The number of ether oxygens (including phenoxy) is 1. The van der Waals surface area contributed by atoms with Crippen molar-refractivity contribution in [2.24, 2.45) is 0 Å². The zero-order chi connectivity index (χ0) is 25.5. The first-order valence-electron chi connectivity index (χ1n) is 12.6. The molecule has 2 aromatic rings. The first kappa shape index (κ1) is 26.1. The number of hydrogen-bond donors (Lipinski definition) is 1. The van der Waals surface area contributed by atoms with Crippen LogP contribution in [0.1, 0.15) is 19.8 Å². The molecular formula is C27H35N5O3S. The molecule has 0 saturated carbocycles. The standard InChI is InChI=1S/C27H35N5O3S/c1-3-35-23-12-10-21(11-13-23)28-25(33)20-24-26(34)32(22-8-5-4-6-9-22)27(36)31(24)15-7-14-30-18-16-29(2)17-19-30/h4-6,8-13,24H,3,7,14-20H2,1-2H3,(H,28,33)/t24-/m1/s1. The van der Waals surface area contributed by atoms with E-state index in [9.17, 15) is 9.59 Å². The second-order valence-corrected chi connectivity index (χ2v) is 9.57. The Kier molecular flexibility index (Phi) is 8.90. The van der Waals surface area contributed by atoms with Crippen molar-refractivity contribution in [3.63, 3.8) is 0 Å². The minimum atomic E-state index is -0.632. The van der Waals surface area contributed by atoms with Crippen LogP contribution in [0.5, 0.6) is 5.75 Å². The van der Waals surface area contributed by atoms with Gasteiger partial charge in [-0.3, -0.25) is 14.5 Å². The fourth-order valence-corrected chi connectivity index (χ4v) is 5.04. The lowest BCUT2D eigenvalue weighted by atomic mass is 10.1. The van der Waals surface area contributed by atoms with E-state index in [1.807, 2.05) is 54.3 Å². The molecule has 0 aromatic heterocycles. The third kappa shape index (κ3) is 6.40. The van der Waals surface area contributed by atoms with Gasteiger partial charge in [-0.1, -0.05) is 18.2 Å². The van der Waals surface area contributed by atoms with Gasteiger partial charge in [-0.25, -0.2) is 0 Å². The molecule has 2 aliphatic heterocycles. The number of likely N-dealkylation sites (N-methyl/N-ethyl adjacent to an activating group) is 1. The van der Waals surface area contributed by atoms with Gasteiger partial charge < -0.3 is 24.8 Å². The first-order chi connectivity index (χ1) is 17.5. The number of para-hydroxylation sites is 1. The van der Waals surface area contributed by atoms with Crippen LogP contribution in [0.2, 0.25) is 0 Å². The third-order valence-corrected chi connectivity index (χ3v) is 7.05. The second kappa shape index (κ2) is 12.3. The fourth-order valence-electron chi connectivity index (χ4n) is 4.63. The molecule has 0 bridgehead atoms. The van der Waals surface area contributed by atoms with Crippen LogP contribution in [0.4, 0.5) is 11.4 Å². The number of carbonyl (C=O) groups excluding carboxylic acids is 2. The van der Waals surface area contributed by atoms with Crippen molar-refractivity contribution < 1.29 is 14.3 Å². The topological polar surface area (TPSA) is 68.4 Å². The maximum Gasteiger partial charge on any atom is 0.256 e. The molecule has 0 unspecified atom stereocenters. The zero-order valence-electron chi connectivity index (χ0n) is 21.1. The lowest BCUT2D eigenvalue weighted by Crippen LogP contribution is -2.45. The number of nitrogens with zero attached hydrogens (tertiary/aromatic N) is 4. The molecule has 2 amide bonds. The molecule has 9 heteroatoms. The van der Waals surface area contributed by atoms with Crippen molar-refractivity contribution in [3.05, 3.63) is 54.6 Å². The number of rotatable bonds is 10. The lowest BCUT2D eigenvalue weighted by Gasteiger charge is -2.33. The van der Waals surface area contributed by atoms with E-state index >= 15 is 0 Å². The average Bonchev–Trinajstić information content (AvgIpc) is 3.11. The van der Waals surface area contributed by atoms with Crippen molar-refractivity contribution in [1.29, 1.82) is 0 Å². The van der Waals surface area contributed by atoms with Crippen LogP contribution in [0.3, 0.4) is 0 Å². The molecule has 8 nitrogen and oxygen atoms in total. The molecule has 36 heavy (non-hydrogen) atoms. The molecule has 2 aromatic carbocycles. The zero-order valence-corrected chi connectivity index (χ0v) is 21.9. The van der Waals surface area contributed by atoms with Gasteiger partial charge in [0.05, 0.1) is 18.7 Å². The summed E-state index contributed by atoms with van der Waals surface area (Å²) < 4.78 is 5.46. The van der Waals surface area contributed by atoms with E-state index in [-0.39, 0.29) is 18.2 Å². The van der Waals surface area contributed by atoms with E-state index in [1.54, 1.807) is 17.0 Å². The molecule has 0 spiro atoms. The first-order valence-corrected chi connectivity index (χ1v) is 13.0. The molecule has 4 rings (SSSR count). The van der Waals surface area contributed by atoms with Crippen LogP contribution < -0.4 is 15.0 Å². The van der Waals surface area contributed by atoms with Crippen molar-refractivity contribution in [2.45, 2.75) is 25.8 Å². The molecule has 1 atom stereocenters. The van der Waals surface area contributed by atoms with Crippen molar-refractivity contribution in [2.75, 3.05) is 63.1 Å². The van der Waals surface area contributed by atoms with Gasteiger partial charge in [-0.05, 0) is 75.6 Å². The Labute approximate surface area is 218 Å². The second-order valence-electron chi connectivity index (χ2n) is 9.21. The van der Waals surface area contributed by atoms with Gasteiger partial charge in [0, 0.05) is 38.4 Å². The average molecular weight is 510 g/mol. The molecule has 0 radical (unpaired) electrons. The van der Waals surface area contributed by atoms with Crippen LogP contribution in [-0.2, 0) is 9.59 Å². The maximum atomic E-state index is 13.5. The number of benzene rings is 2. The number of piperazine rings is 1. The third-order valence-electron chi connectivity index (χ3n) is 6.63. The van der Waals surface area contributed by atoms with Crippen LogP contribution in [0.25, 0.3) is 0 Å². The van der Waals surface area contributed by atoms with Crippen LogP contribution >= 0.6 is 12.2 Å². The summed E-state index contributed by atoms with van der Waals surface area (Å²) in [4.78, 5) is 34.8. The van der Waals surface area contributed by atoms with E-state index in [4.69, 9.17) is 17.0 Å². The Morgan fingerprint density at radius 1 is 1.03 bits per heavy atom. The van der Waals surface area contributed by atoms with Gasteiger partial charge in [0.2, 0.25) is 5.91 Å². The summed E-state index contributed by atoms with van der Waals surface area (Å²) in [5.41, 5.74) is 1.39. The summed E-state index contributed by atoms with van der Waals surface area (Å²) >= 11 is 5.77. The largest absolute Gasteiger partial charge is 0.494 e. The fraction of sp³-hybridized carbons (Fsp3) is 0.444. The smallest absolute Gasteiger partial charge is 0.256 e. The van der Waals surface area contributed by atoms with Crippen molar-refractivity contribution in [1.82, 2.24) is 14.7 Å². The SMILES string of the molecule is CCOc1ccc(NC(=O)C[C@@H]2C(=O)N(c3ccccc3)C(=S)N2CCCN2CCN(C)CC2)cc1. The van der Waals surface area contributed by atoms with E-state index in [0.717, 1.165) is 50.6 Å². The molecular weight excluding hydrogens is 474 g/mol. The summed E-state index contributed by atoms with van der Waals surface area (Å²) in [6.07, 6.45) is 0.904. The van der Waals surface area contributed by atoms with E-state index in [2.05, 4.69) is 22.2 Å². The van der Waals surface area contributed by atoms with E-state index in [1.165, 1.54) is 0 Å². The summed E-state index contributed by atoms with van der Waals surface area (Å²) in [5.74, 6) is 0.365. The number of anilines is 2. The van der Waals surface area contributed by atoms with Crippen LogP contribution in [-0.4, -0.2) is 90.6 Å². The van der Waals surface area contributed by atoms with Gasteiger partial charge in [-0.2, -0.15) is 0 Å². The van der Waals surface area contributed by atoms with Gasteiger partial charge >= 0.3 is 0 Å². The van der Waals surface area contributed by atoms with Gasteiger partial charge in [0.15, 0.2) is 5.11 Å². The quantitative estimate of drug-likeness (QED) is 0.494. The summed E-state index contributed by atoms with van der Waals surface area (Å²) in [6, 6.07) is 16.0. The predicted molar refractivity (Wildman–Crippen MR) is 146 cm³/mol. The Bertz CT molecular complexity index is 1040. The van der Waals surface area contributed by atoms with Gasteiger partial charge in [-0.15, -0.1) is 0 Å². The Hall–Kier alpha value is -3.01. The lowest BCUT2D eigenvalue weighted by molar-refractivity contribution is -0.124. The highest BCUT2D eigenvalue weighted by molar-refractivity contribution is 7.80. The van der Waals surface area contributed by atoms with Gasteiger partial charge in [0.25, 0.3) is 5.91 Å². The van der Waals surface area contributed by atoms with E-state index in [0.29, 0.717) is 24.0 Å². The minimum Gasteiger partial charge on any atom is -0.494 e. The highest BCUT2D eigenvalue weighted by atomic mass is 32.1. The Morgan fingerprint density at radius 3 is 2.39 bits per heavy atom. The normalized spacial score (nSPS) is 19.1. The van der Waals surface area contributed by atoms with Crippen LogP contribution in [0, 0.1) is 0 Å². The summed E-state index contributed by atoms with van der Waals surface area (Å²) in [7, 11) is 2.15. The summed E-state index contributed by atoms with van der Waals surface area (Å²) in [5, 5.41) is 3.37. The Balaban J connectivity index is 1.43. The Morgan fingerprint density at radius 2 is 1.72 bits per heavy atom. The number of nitrogens with one attached hydrogen (secondary N) is 1. The van der Waals surface area contributed by atoms with Gasteiger partial charge in [0.1, 0.15) is 11.8 Å². The molecule has 2 aliphatic rings. The monoisotopic (exact) mass is 509 g/mol. The number of carbonyl (C=O) groups is 2. The highest BCUT2D eigenvalue weighted by Gasteiger charge is 2.43. The molecule has 2 heterocycles. The molecule has 1 N–H and O–H groups in total. The molecule has 2 saturated heterocycles. The van der Waals surface area contributed by atoms with Crippen molar-refractivity contribution >= 4 is 40.5 Å². The molecule has 2 fully saturated rings. The molecule has 192 valence electrons. The highest BCUT2D eigenvalue weighted by Crippen LogP contribution is 2.27. The van der Waals surface area contributed by atoms with Crippen molar-refractivity contribution in [3.8, 4) is 5.75 Å². The minimum absolute atomic E-state index is 0.0318. The number of amides is 2. The summed E-state index contributed by atoms with van der Waals surface area (Å²) in [6.45, 7) is 8.30. The van der Waals surface area contributed by atoms with E-state index < -0.39 is 6.04 Å². The van der Waals surface area contributed by atoms with Crippen LogP contribution in [0.15, 0.2) is 54.6 Å². The number of thiocarbonyl (C=S) groups is 1. The number of hydrogen-bond acceptors (Lipinski definition) is 6. The maximum absolute atomic E-state index is 13.5. The predicted octanol–water partition coefficient (Wildman–Crippen LogP) is 3.05. The molecule has 0 aliphatic carbocycles.